The Labute approximate surface area is 82.2 Å². The highest BCUT2D eigenvalue weighted by Crippen LogP contribution is 1.92. The zero-order chi connectivity index (χ0) is 10.3. The monoisotopic (exact) mass is 210 g/mol. The highest BCUT2D eigenvalue weighted by Gasteiger charge is 2.11. The number of hydrogen-bond donors (Lipinski definition) is 4. The number of aliphatic hydroxyl groups excluding tert-OH is 2. The Balaban J connectivity index is 0. The van der Waals surface area contributed by atoms with Gasteiger partial charge in [0.25, 0.3) is 0 Å². The van der Waals surface area contributed by atoms with Crippen molar-refractivity contribution in [1.29, 1.82) is 0 Å². The second-order valence-electron chi connectivity index (χ2n) is 2.60. The average molecular weight is 210 g/mol. The summed E-state index contributed by atoms with van der Waals surface area (Å²) in [7, 11) is 0. The van der Waals surface area contributed by atoms with Gasteiger partial charge in [-0.3, -0.25) is 4.79 Å². The predicted molar refractivity (Wildman–Crippen MR) is 49.3 cm³/mol. The zero-order valence-electron chi connectivity index (χ0n) is 8.06. The van der Waals surface area contributed by atoms with Gasteiger partial charge < -0.3 is 31.5 Å². The molecule has 0 saturated heterocycles. The van der Waals surface area contributed by atoms with Crippen molar-refractivity contribution in [2.75, 3.05) is 19.8 Å². The van der Waals surface area contributed by atoms with Crippen LogP contribution in [0.1, 0.15) is 6.92 Å². The third kappa shape index (κ3) is 7.90. The quantitative estimate of drug-likeness (QED) is 0.345. The minimum atomic E-state index is -0.715. The van der Waals surface area contributed by atoms with E-state index in [1.165, 1.54) is 6.92 Å². The van der Waals surface area contributed by atoms with Crippen molar-refractivity contribution in [3.63, 3.8) is 0 Å². The van der Waals surface area contributed by atoms with Crippen LogP contribution >= 0.6 is 0 Å². The Morgan fingerprint density at radius 1 is 1.50 bits per heavy atom. The van der Waals surface area contributed by atoms with Crippen LogP contribution in [0.15, 0.2) is 0 Å². The lowest BCUT2D eigenvalue weighted by Crippen LogP contribution is -2.42. The Bertz CT molecular complexity index is 151. The smallest absolute Gasteiger partial charge is 0.217 e. The standard InChI is InChI=1S/C7H16N2O4.H2O/c1-5(12)9-2-7(8)13-6(3-10)4-11;/h6-7,10-11H,2-4,8H2,1H3,(H,9,12);1H2/t7-;/m1./s1. The maximum absolute atomic E-state index is 10.5. The molecule has 0 aromatic heterocycles. The van der Waals surface area contributed by atoms with Gasteiger partial charge >= 0.3 is 0 Å². The first-order valence-corrected chi connectivity index (χ1v) is 3.97. The van der Waals surface area contributed by atoms with Gasteiger partial charge in [0.2, 0.25) is 5.91 Å². The van der Waals surface area contributed by atoms with E-state index in [4.69, 9.17) is 20.7 Å². The molecule has 0 aliphatic heterocycles. The summed E-state index contributed by atoms with van der Waals surface area (Å²) in [5, 5.41) is 19.7. The largest absolute Gasteiger partial charge is 0.412 e. The predicted octanol–water partition coefficient (Wildman–Crippen LogP) is -3.05. The van der Waals surface area contributed by atoms with Crippen LogP contribution in [0.2, 0.25) is 0 Å². The molecule has 1 atom stereocenters. The molecule has 14 heavy (non-hydrogen) atoms. The molecule has 7 N–H and O–H groups in total. The van der Waals surface area contributed by atoms with E-state index in [1.807, 2.05) is 0 Å². The van der Waals surface area contributed by atoms with Crippen molar-refractivity contribution >= 4 is 5.91 Å². The molecule has 0 rings (SSSR count). The van der Waals surface area contributed by atoms with E-state index in [2.05, 4.69) is 5.32 Å². The van der Waals surface area contributed by atoms with Gasteiger partial charge in [0.15, 0.2) is 0 Å². The lowest BCUT2D eigenvalue weighted by Gasteiger charge is -2.18. The number of carbonyl (C=O) groups is 1. The summed E-state index contributed by atoms with van der Waals surface area (Å²) >= 11 is 0. The molecular formula is C7H18N2O5. The molecule has 7 heteroatoms. The molecule has 7 nitrogen and oxygen atoms in total. The number of nitrogens with one attached hydrogen (secondary N) is 1. The van der Waals surface area contributed by atoms with Crippen molar-refractivity contribution in [3.8, 4) is 0 Å². The van der Waals surface area contributed by atoms with Crippen LogP contribution < -0.4 is 11.1 Å². The van der Waals surface area contributed by atoms with Gasteiger partial charge in [-0.05, 0) is 0 Å². The summed E-state index contributed by atoms with van der Waals surface area (Å²) in [5.74, 6) is -0.205. The number of nitrogens with two attached hydrogens (primary N) is 1. The van der Waals surface area contributed by atoms with Crippen LogP contribution in [0.25, 0.3) is 0 Å². The highest BCUT2D eigenvalue weighted by atomic mass is 16.5. The molecule has 0 aromatic carbocycles. The van der Waals surface area contributed by atoms with Crippen molar-refractivity contribution in [3.05, 3.63) is 0 Å². The minimum absolute atomic E-state index is 0. The van der Waals surface area contributed by atoms with E-state index in [-0.39, 0.29) is 31.1 Å². The first-order chi connectivity index (χ1) is 6.10. The maximum atomic E-state index is 10.5. The number of carbonyl (C=O) groups excluding carboxylic acids is 1. The first-order valence-electron chi connectivity index (χ1n) is 3.97. The lowest BCUT2D eigenvalue weighted by molar-refractivity contribution is -0.120. The zero-order valence-corrected chi connectivity index (χ0v) is 8.06. The summed E-state index contributed by atoms with van der Waals surface area (Å²) < 4.78 is 4.96. The van der Waals surface area contributed by atoms with Gasteiger partial charge in [0.1, 0.15) is 12.3 Å². The van der Waals surface area contributed by atoms with Crippen LogP contribution in [-0.4, -0.2) is 53.7 Å². The molecule has 0 bridgehead atoms. The summed E-state index contributed by atoms with van der Waals surface area (Å²) in [4.78, 5) is 10.5. The van der Waals surface area contributed by atoms with Gasteiger partial charge in [0, 0.05) is 6.92 Å². The molecule has 0 heterocycles. The first kappa shape index (κ1) is 15.7. The fraction of sp³-hybridized carbons (Fsp3) is 0.857. The van der Waals surface area contributed by atoms with Crippen LogP contribution in [0.5, 0.6) is 0 Å². The molecular weight excluding hydrogens is 192 g/mol. The molecule has 0 saturated carbocycles. The van der Waals surface area contributed by atoms with E-state index >= 15 is 0 Å². The normalized spacial score (nSPS) is 12.1. The fourth-order valence-corrected chi connectivity index (χ4v) is 0.683. The molecule has 0 aliphatic carbocycles. The number of amides is 1. The number of ether oxygens (including phenoxy) is 1. The average Bonchev–Trinajstić information content (AvgIpc) is 2.10. The summed E-state index contributed by atoms with van der Waals surface area (Å²) in [6, 6.07) is 0. The summed E-state index contributed by atoms with van der Waals surface area (Å²) in [6.07, 6.45) is -1.41. The van der Waals surface area contributed by atoms with Gasteiger partial charge in [-0.15, -0.1) is 0 Å². The third-order valence-electron chi connectivity index (χ3n) is 1.33. The Kier molecular flexibility index (Phi) is 9.94. The van der Waals surface area contributed by atoms with Crippen molar-refractivity contribution in [2.45, 2.75) is 19.3 Å². The van der Waals surface area contributed by atoms with E-state index < -0.39 is 12.3 Å². The molecule has 86 valence electrons. The Morgan fingerprint density at radius 2 is 2.00 bits per heavy atom. The Morgan fingerprint density at radius 3 is 2.36 bits per heavy atom. The van der Waals surface area contributed by atoms with E-state index in [0.29, 0.717) is 0 Å². The van der Waals surface area contributed by atoms with Gasteiger partial charge in [-0.2, -0.15) is 0 Å². The van der Waals surface area contributed by atoms with Crippen molar-refractivity contribution in [2.24, 2.45) is 5.73 Å². The Hall–Kier alpha value is -0.730. The number of rotatable bonds is 6. The minimum Gasteiger partial charge on any atom is -0.412 e. The number of hydrogen-bond acceptors (Lipinski definition) is 5. The van der Waals surface area contributed by atoms with E-state index in [9.17, 15) is 4.79 Å². The van der Waals surface area contributed by atoms with Crippen LogP contribution in [0, 0.1) is 0 Å². The molecule has 0 aromatic rings. The molecule has 0 radical (unpaired) electrons. The topological polar surface area (TPSA) is 136 Å². The highest BCUT2D eigenvalue weighted by molar-refractivity contribution is 5.72. The maximum Gasteiger partial charge on any atom is 0.217 e. The van der Waals surface area contributed by atoms with Gasteiger partial charge in [-0.25, -0.2) is 0 Å². The third-order valence-corrected chi connectivity index (χ3v) is 1.33. The molecule has 1 amide bonds. The molecule has 0 aliphatic rings. The van der Waals surface area contributed by atoms with E-state index in [0.717, 1.165) is 0 Å². The lowest BCUT2D eigenvalue weighted by atomic mass is 10.4. The summed E-state index contributed by atoms with van der Waals surface area (Å²) in [6.45, 7) is 0.919. The van der Waals surface area contributed by atoms with Crippen LogP contribution in [0.3, 0.4) is 0 Å². The van der Waals surface area contributed by atoms with Gasteiger partial charge in [-0.1, -0.05) is 0 Å². The summed E-state index contributed by atoms with van der Waals surface area (Å²) in [5.41, 5.74) is 5.41. The second-order valence-corrected chi connectivity index (χ2v) is 2.60. The van der Waals surface area contributed by atoms with Gasteiger partial charge in [0.05, 0.1) is 19.8 Å². The second kappa shape index (κ2) is 8.85. The van der Waals surface area contributed by atoms with Crippen LogP contribution in [-0.2, 0) is 9.53 Å². The molecule has 0 fully saturated rings. The van der Waals surface area contributed by atoms with Crippen LogP contribution in [0.4, 0.5) is 0 Å². The van der Waals surface area contributed by atoms with Crippen molar-refractivity contribution in [1.82, 2.24) is 5.32 Å². The fourth-order valence-electron chi connectivity index (χ4n) is 0.683. The number of aliphatic hydroxyl groups is 2. The molecule has 0 unspecified atom stereocenters. The van der Waals surface area contributed by atoms with E-state index in [1.54, 1.807) is 0 Å². The SMILES string of the molecule is CC(=O)NC[C@H](N)OC(CO)CO.O. The van der Waals surface area contributed by atoms with Crippen molar-refractivity contribution < 1.29 is 25.2 Å². The molecule has 0 spiro atoms.